The Morgan fingerprint density at radius 3 is 1.70 bits per heavy atom. The summed E-state index contributed by atoms with van der Waals surface area (Å²) in [5.41, 5.74) is 6.30. The fourth-order valence-corrected chi connectivity index (χ4v) is 11.0. The van der Waals surface area contributed by atoms with Crippen LogP contribution in [-0.2, 0) is 30.3 Å². The van der Waals surface area contributed by atoms with Gasteiger partial charge in [0.1, 0.15) is 0 Å². The highest BCUT2D eigenvalue weighted by molar-refractivity contribution is 7.10. The van der Waals surface area contributed by atoms with Crippen molar-refractivity contribution in [2.75, 3.05) is 63.1 Å². The van der Waals surface area contributed by atoms with E-state index in [1.165, 1.54) is 22.7 Å². The van der Waals surface area contributed by atoms with Crippen LogP contribution in [0.25, 0.3) is 11.5 Å². The Morgan fingerprint density at radius 1 is 0.681 bits per heavy atom. The van der Waals surface area contributed by atoms with Gasteiger partial charge in [-0.2, -0.15) is 0 Å². The molecule has 7 aromatic rings. The number of fused-ring (bicyclic) bond motifs is 3. The van der Waals surface area contributed by atoms with Gasteiger partial charge in [0.25, 0.3) is 11.8 Å². The number of hydrogen-bond acceptors (Lipinski definition) is 12. The number of likely N-dealkylation sites (N-methyl/N-ethyl adjacent to an activating group) is 1. The third-order valence-electron chi connectivity index (χ3n) is 12.5. The van der Waals surface area contributed by atoms with Crippen LogP contribution in [0.1, 0.15) is 77.0 Å². The van der Waals surface area contributed by atoms with Crippen molar-refractivity contribution >= 4 is 69.3 Å². The molecule has 0 aliphatic carbocycles. The topological polar surface area (TPSA) is 177 Å². The Kier molecular flexibility index (Phi) is 13.9. The minimum atomic E-state index is -0.595. The molecule has 3 aliphatic rings. The molecule has 6 heterocycles. The van der Waals surface area contributed by atoms with Crippen LogP contribution in [0.3, 0.4) is 0 Å². The monoisotopic (exact) mass is 963 g/mol. The molecule has 10 rings (SSSR count). The molecule has 4 aromatic carbocycles. The van der Waals surface area contributed by atoms with Crippen molar-refractivity contribution in [3.8, 4) is 11.5 Å². The summed E-state index contributed by atoms with van der Waals surface area (Å²) in [7, 11) is 4.96. The van der Waals surface area contributed by atoms with Gasteiger partial charge in [-0.25, -0.2) is 0 Å². The number of benzene rings is 4. The molecule has 0 fully saturated rings. The van der Waals surface area contributed by atoms with E-state index < -0.39 is 23.9 Å². The molecule has 0 bridgehead atoms. The average Bonchev–Trinajstić information content (AvgIpc) is 4.21. The largest absolute Gasteiger partial charge is 0.421 e. The first-order chi connectivity index (χ1) is 33.6. The van der Waals surface area contributed by atoms with Crippen molar-refractivity contribution in [1.82, 2.24) is 20.0 Å². The summed E-state index contributed by atoms with van der Waals surface area (Å²) in [5.74, 6) is -0.824. The van der Waals surface area contributed by atoms with Crippen LogP contribution in [0.2, 0.25) is 0 Å². The number of thiophene rings is 2. The van der Waals surface area contributed by atoms with Gasteiger partial charge in [-0.1, -0.05) is 48.5 Å². The lowest BCUT2D eigenvalue weighted by Crippen LogP contribution is -2.47. The second kappa shape index (κ2) is 20.5. The van der Waals surface area contributed by atoms with Crippen LogP contribution >= 0.6 is 22.7 Å². The minimum Gasteiger partial charge on any atom is -0.421 e. The number of hydrogen-bond donors (Lipinski definition) is 2. The molecule has 3 aliphatic heterocycles. The third-order valence-corrected chi connectivity index (χ3v) is 14.4. The number of ether oxygens (including phenoxy) is 2. The molecule has 0 radical (unpaired) electrons. The highest BCUT2D eigenvalue weighted by Crippen LogP contribution is 2.46. The number of amides is 5. The number of aryl methyl sites for hydroxylation is 1. The zero-order valence-electron chi connectivity index (χ0n) is 38.3. The Labute approximate surface area is 406 Å². The fourth-order valence-electron chi connectivity index (χ4n) is 9.27. The van der Waals surface area contributed by atoms with Gasteiger partial charge in [0, 0.05) is 84.8 Å². The highest BCUT2D eigenvalue weighted by atomic mass is 32.1. The first-order valence-corrected chi connectivity index (χ1v) is 24.1. The second-order valence-corrected chi connectivity index (χ2v) is 18.6. The average molecular weight is 964 g/mol. The summed E-state index contributed by atoms with van der Waals surface area (Å²) in [5, 5.41) is 17.9. The van der Waals surface area contributed by atoms with E-state index in [9.17, 15) is 24.0 Å². The predicted molar refractivity (Wildman–Crippen MR) is 264 cm³/mol. The maximum Gasteiger partial charge on any atom is 0.254 e. The van der Waals surface area contributed by atoms with E-state index in [1.807, 2.05) is 102 Å². The molecule has 4 unspecified atom stereocenters. The number of methoxy groups -OCH3 is 2. The summed E-state index contributed by atoms with van der Waals surface area (Å²) < 4.78 is 16.0. The number of anilines is 3. The van der Waals surface area contributed by atoms with E-state index in [1.54, 1.807) is 67.2 Å². The zero-order valence-corrected chi connectivity index (χ0v) is 39.9. The molecule has 17 heteroatoms. The number of nitrogens with one attached hydrogen (secondary N) is 2. The summed E-state index contributed by atoms with van der Waals surface area (Å²) in [6.07, 6.45) is 0.318. The lowest BCUT2D eigenvalue weighted by atomic mass is 9.81. The van der Waals surface area contributed by atoms with Crippen LogP contribution < -0.4 is 15.5 Å². The summed E-state index contributed by atoms with van der Waals surface area (Å²) in [4.78, 5) is 73.6. The van der Waals surface area contributed by atoms with E-state index in [-0.39, 0.29) is 29.5 Å². The lowest BCUT2D eigenvalue weighted by molar-refractivity contribution is -0.120. The molecule has 69 heavy (non-hydrogen) atoms. The number of carbonyl (C=O) groups is 5. The normalized spacial score (nSPS) is 18.3. The van der Waals surface area contributed by atoms with Gasteiger partial charge >= 0.3 is 0 Å². The maximum atomic E-state index is 13.8. The van der Waals surface area contributed by atoms with Crippen molar-refractivity contribution in [3.05, 3.63) is 169 Å². The van der Waals surface area contributed by atoms with Crippen molar-refractivity contribution in [1.29, 1.82) is 0 Å². The standard InChI is InChI=1S/C26H24N4O4S.C26H25N3O4S/c1-16-28-29-25(34-16)17-9-11-18(12-10-17)27-24(31)22-19-6-3-4-7-20(19)26(32)30(13-14-33-2)23(22)21-8-5-15-35-21;1-28-20-10-9-17(14-16(20)15-22(28)30)27-25(31)23-18-6-3-4-7-19(18)26(32)29(11-12-33-2)24(23)21-8-5-13-34-21/h3-12,15,22-23H,13-14H2,1-2H3,(H,27,31);3-10,13-14,23-24H,11-12,15H2,1-2H3,(H,27,31). The maximum absolute atomic E-state index is 13.8. The SMILES string of the molecule is COCCN1C(=O)c2ccccc2C(C(=O)Nc2ccc(-c3nnc(C)o3)cc2)C1c1cccs1.COCCN1C(=O)c2ccccc2C(C(=O)Nc2ccc3c(c2)CC(=O)N3C)C1c1cccs1. The first kappa shape index (κ1) is 46.8. The fraction of sp³-hybridized carbons (Fsp3) is 0.250. The number of carbonyl (C=O) groups excluding carboxylic acids is 5. The van der Waals surface area contributed by atoms with Gasteiger partial charge in [0.15, 0.2) is 0 Å². The number of nitrogens with zero attached hydrogens (tertiary/aromatic N) is 5. The van der Waals surface area contributed by atoms with E-state index in [2.05, 4.69) is 20.8 Å². The Morgan fingerprint density at radius 2 is 1.20 bits per heavy atom. The van der Waals surface area contributed by atoms with E-state index in [0.29, 0.717) is 72.6 Å². The quantitative estimate of drug-likeness (QED) is 0.114. The third kappa shape index (κ3) is 9.46. The van der Waals surface area contributed by atoms with E-state index in [4.69, 9.17) is 13.9 Å². The van der Waals surface area contributed by atoms with Gasteiger partial charge in [-0.3, -0.25) is 24.0 Å². The molecular weight excluding hydrogens is 915 g/mol. The first-order valence-electron chi connectivity index (χ1n) is 22.3. The van der Waals surface area contributed by atoms with Gasteiger partial charge in [-0.15, -0.1) is 32.9 Å². The molecule has 0 saturated heterocycles. The van der Waals surface area contributed by atoms with Crippen molar-refractivity contribution in [3.63, 3.8) is 0 Å². The van der Waals surface area contributed by atoms with Crippen LogP contribution in [0, 0.1) is 6.92 Å². The lowest BCUT2D eigenvalue weighted by Gasteiger charge is -2.41. The van der Waals surface area contributed by atoms with Gasteiger partial charge in [0.2, 0.25) is 29.5 Å². The molecule has 2 N–H and O–H groups in total. The molecule has 15 nitrogen and oxygen atoms in total. The van der Waals surface area contributed by atoms with Crippen molar-refractivity contribution in [2.24, 2.45) is 0 Å². The van der Waals surface area contributed by atoms with Gasteiger partial charge < -0.3 is 39.2 Å². The second-order valence-electron chi connectivity index (χ2n) is 16.7. The van der Waals surface area contributed by atoms with Crippen LogP contribution in [-0.4, -0.2) is 97.1 Å². The summed E-state index contributed by atoms with van der Waals surface area (Å²) in [6.45, 7) is 3.24. The van der Waals surface area contributed by atoms with Crippen LogP contribution in [0.5, 0.6) is 0 Å². The number of aromatic nitrogens is 2. The predicted octanol–water partition coefficient (Wildman–Crippen LogP) is 8.51. The minimum absolute atomic E-state index is 0.0322. The van der Waals surface area contributed by atoms with Crippen LogP contribution in [0.4, 0.5) is 17.1 Å². The summed E-state index contributed by atoms with van der Waals surface area (Å²) >= 11 is 3.06. The molecule has 5 amide bonds. The van der Waals surface area contributed by atoms with Crippen molar-refractivity contribution in [2.45, 2.75) is 37.3 Å². The Hall–Kier alpha value is -7.31. The van der Waals surface area contributed by atoms with E-state index >= 15 is 0 Å². The summed E-state index contributed by atoms with van der Waals surface area (Å²) in [6, 6.07) is 34.4. The van der Waals surface area contributed by atoms with Crippen molar-refractivity contribution < 1.29 is 37.9 Å². The zero-order chi connectivity index (χ0) is 48.2. The number of rotatable bonds is 13. The smallest absolute Gasteiger partial charge is 0.254 e. The molecule has 0 spiro atoms. The van der Waals surface area contributed by atoms with E-state index in [0.717, 1.165) is 32.1 Å². The molecule has 4 atom stereocenters. The Bertz CT molecular complexity index is 2990. The molecule has 352 valence electrons. The Balaban J connectivity index is 0.000000172. The molecular formula is C52H49N7O8S2. The van der Waals surface area contributed by atoms with Gasteiger partial charge in [0.05, 0.1) is 43.6 Å². The molecule has 0 saturated carbocycles. The highest BCUT2D eigenvalue weighted by Gasteiger charge is 2.46. The van der Waals surface area contributed by atoms with Gasteiger partial charge in [-0.05, 0) is 94.2 Å². The molecule has 3 aromatic heterocycles. The van der Waals surface area contributed by atoms with Crippen LogP contribution in [0.15, 0.2) is 130 Å².